The van der Waals surface area contributed by atoms with Gasteiger partial charge in [0, 0.05) is 13.2 Å². The third kappa shape index (κ3) is 5.85. The molecule has 0 heterocycles. The smallest absolute Gasteiger partial charge is 0.330 e. The minimum absolute atomic E-state index is 0.0821. The van der Waals surface area contributed by atoms with E-state index in [4.69, 9.17) is 4.74 Å². The second-order valence-corrected chi connectivity index (χ2v) is 4.77. The van der Waals surface area contributed by atoms with E-state index in [9.17, 15) is 14.4 Å². The maximum atomic E-state index is 12.4. The molecule has 2 atom stereocenters. The molecule has 0 unspecified atom stereocenters. The Kier molecular flexibility index (Phi) is 8.21. The van der Waals surface area contributed by atoms with Crippen molar-refractivity contribution in [3.63, 3.8) is 0 Å². The predicted molar refractivity (Wildman–Crippen MR) is 85.9 cm³/mol. The van der Waals surface area contributed by atoms with Crippen molar-refractivity contribution in [1.82, 2.24) is 5.32 Å². The lowest BCUT2D eigenvalue weighted by Crippen LogP contribution is -2.43. The van der Waals surface area contributed by atoms with E-state index in [1.165, 1.54) is 33.5 Å². The van der Waals surface area contributed by atoms with E-state index in [1.54, 1.807) is 24.3 Å². The monoisotopic (exact) mass is 335 g/mol. The number of carbonyl (C=O) groups is 3. The van der Waals surface area contributed by atoms with Crippen molar-refractivity contribution in [1.29, 1.82) is 0 Å². The number of methoxy groups -OCH3 is 3. The van der Waals surface area contributed by atoms with E-state index in [2.05, 4.69) is 14.8 Å². The second-order valence-electron chi connectivity index (χ2n) is 4.77. The van der Waals surface area contributed by atoms with Crippen LogP contribution in [0.4, 0.5) is 0 Å². The largest absolute Gasteiger partial charge is 0.467 e. The minimum Gasteiger partial charge on any atom is -0.467 e. The normalized spacial score (nSPS) is 13.1. The standard InChI is InChI=1S/C17H21NO6/c1-22-14(19)11-7-10-13(17(21)24-3)18-16(20)15(23-2)12-8-5-4-6-9-12/h4-9,11,13,15H,10H2,1-3H3,(H,18,20)/b11-7+/t13-,15-/m1/s1. The van der Waals surface area contributed by atoms with Crippen molar-refractivity contribution < 1.29 is 28.6 Å². The fourth-order valence-corrected chi connectivity index (χ4v) is 1.99. The molecule has 0 saturated carbocycles. The molecule has 1 N–H and O–H groups in total. The first-order valence-corrected chi connectivity index (χ1v) is 7.23. The number of rotatable bonds is 8. The van der Waals surface area contributed by atoms with Crippen LogP contribution in [0, 0.1) is 0 Å². The lowest BCUT2D eigenvalue weighted by Gasteiger charge is -2.20. The van der Waals surface area contributed by atoms with Gasteiger partial charge in [-0.25, -0.2) is 9.59 Å². The van der Waals surface area contributed by atoms with Crippen LogP contribution < -0.4 is 5.32 Å². The molecule has 1 aromatic rings. The highest BCUT2D eigenvalue weighted by Crippen LogP contribution is 2.16. The zero-order valence-electron chi connectivity index (χ0n) is 13.9. The molecule has 1 aromatic carbocycles. The molecule has 1 rings (SSSR count). The Morgan fingerprint density at radius 1 is 1.08 bits per heavy atom. The molecular formula is C17H21NO6. The molecule has 0 fully saturated rings. The number of hydrogen-bond acceptors (Lipinski definition) is 6. The number of nitrogens with one attached hydrogen (secondary N) is 1. The topological polar surface area (TPSA) is 90.9 Å². The maximum Gasteiger partial charge on any atom is 0.330 e. The number of carbonyl (C=O) groups excluding carboxylic acids is 3. The van der Waals surface area contributed by atoms with Crippen molar-refractivity contribution in [2.24, 2.45) is 0 Å². The molecule has 7 heteroatoms. The molecule has 24 heavy (non-hydrogen) atoms. The van der Waals surface area contributed by atoms with Crippen molar-refractivity contribution in [3.8, 4) is 0 Å². The van der Waals surface area contributed by atoms with Gasteiger partial charge in [-0.2, -0.15) is 0 Å². The van der Waals surface area contributed by atoms with E-state index in [0.717, 1.165) is 0 Å². The summed E-state index contributed by atoms with van der Waals surface area (Å²) in [7, 11) is 3.87. The number of ether oxygens (including phenoxy) is 3. The number of hydrogen-bond donors (Lipinski definition) is 1. The van der Waals surface area contributed by atoms with Crippen LogP contribution in [0.2, 0.25) is 0 Å². The Labute approximate surface area is 140 Å². The summed E-state index contributed by atoms with van der Waals surface area (Å²) in [4.78, 5) is 35.3. The number of esters is 2. The minimum atomic E-state index is -0.940. The SMILES string of the molecule is COC(=O)/C=C/C[C@@H](NC(=O)[C@H](OC)c1ccccc1)C(=O)OC. The molecule has 0 radical (unpaired) electrons. The fourth-order valence-electron chi connectivity index (χ4n) is 1.99. The van der Waals surface area contributed by atoms with Gasteiger partial charge in [0.25, 0.3) is 5.91 Å². The zero-order chi connectivity index (χ0) is 17.9. The Hall–Kier alpha value is -2.67. The molecule has 0 aliphatic carbocycles. The summed E-state index contributed by atoms with van der Waals surface area (Å²) in [5.74, 6) is -1.66. The predicted octanol–water partition coefficient (Wildman–Crippen LogP) is 1.15. The first-order chi connectivity index (χ1) is 11.5. The fraction of sp³-hybridized carbons (Fsp3) is 0.353. The van der Waals surface area contributed by atoms with E-state index in [0.29, 0.717) is 5.56 Å². The number of benzene rings is 1. The van der Waals surface area contributed by atoms with Crippen LogP contribution in [0.5, 0.6) is 0 Å². The van der Waals surface area contributed by atoms with Gasteiger partial charge >= 0.3 is 11.9 Å². The van der Waals surface area contributed by atoms with Crippen LogP contribution in [0.25, 0.3) is 0 Å². The van der Waals surface area contributed by atoms with E-state index in [1.807, 2.05) is 6.07 Å². The maximum absolute atomic E-state index is 12.4. The Morgan fingerprint density at radius 2 is 1.75 bits per heavy atom. The van der Waals surface area contributed by atoms with Gasteiger partial charge in [-0.1, -0.05) is 36.4 Å². The van der Waals surface area contributed by atoms with E-state index >= 15 is 0 Å². The zero-order valence-corrected chi connectivity index (χ0v) is 13.9. The molecule has 130 valence electrons. The van der Waals surface area contributed by atoms with Gasteiger partial charge in [-0.05, 0) is 12.0 Å². The van der Waals surface area contributed by atoms with Crippen molar-refractivity contribution in [3.05, 3.63) is 48.0 Å². The van der Waals surface area contributed by atoms with Gasteiger partial charge in [0.2, 0.25) is 0 Å². The quantitative estimate of drug-likeness (QED) is 0.566. The van der Waals surface area contributed by atoms with Crippen LogP contribution in [0.3, 0.4) is 0 Å². The molecule has 0 aliphatic rings. The van der Waals surface area contributed by atoms with Gasteiger partial charge in [0.15, 0.2) is 6.10 Å². The highest BCUT2D eigenvalue weighted by atomic mass is 16.5. The van der Waals surface area contributed by atoms with Crippen LogP contribution in [0.1, 0.15) is 18.1 Å². The van der Waals surface area contributed by atoms with E-state index < -0.39 is 30.0 Å². The first-order valence-electron chi connectivity index (χ1n) is 7.23. The van der Waals surface area contributed by atoms with Gasteiger partial charge < -0.3 is 19.5 Å². The molecular weight excluding hydrogens is 314 g/mol. The highest BCUT2D eigenvalue weighted by molar-refractivity contribution is 5.88. The Balaban J connectivity index is 2.81. The summed E-state index contributed by atoms with van der Waals surface area (Å²) in [5.41, 5.74) is 0.659. The third-order valence-corrected chi connectivity index (χ3v) is 3.21. The summed E-state index contributed by atoms with van der Waals surface area (Å²) in [6, 6.07) is 7.95. The van der Waals surface area contributed by atoms with Crippen LogP contribution in [-0.2, 0) is 28.6 Å². The number of amides is 1. The molecule has 0 spiro atoms. The van der Waals surface area contributed by atoms with Gasteiger partial charge in [-0.15, -0.1) is 0 Å². The van der Waals surface area contributed by atoms with Crippen molar-refractivity contribution in [2.45, 2.75) is 18.6 Å². The second kappa shape index (κ2) is 10.2. The molecule has 0 aliphatic heterocycles. The van der Waals surface area contributed by atoms with Crippen molar-refractivity contribution in [2.75, 3.05) is 21.3 Å². The summed E-state index contributed by atoms with van der Waals surface area (Å²) in [6.45, 7) is 0. The Bertz CT molecular complexity index is 584. The first kappa shape index (κ1) is 19.4. The van der Waals surface area contributed by atoms with Gasteiger partial charge in [-0.3, -0.25) is 4.79 Å². The third-order valence-electron chi connectivity index (χ3n) is 3.21. The summed E-state index contributed by atoms with van der Waals surface area (Å²) in [6.07, 6.45) is 1.83. The van der Waals surface area contributed by atoms with Crippen LogP contribution >= 0.6 is 0 Å². The molecule has 0 aromatic heterocycles. The molecule has 0 saturated heterocycles. The van der Waals surface area contributed by atoms with Gasteiger partial charge in [0.1, 0.15) is 6.04 Å². The van der Waals surface area contributed by atoms with Crippen LogP contribution in [-0.4, -0.2) is 45.2 Å². The lowest BCUT2D eigenvalue weighted by molar-refractivity contribution is -0.146. The average molecular weight is 335 g/mol. The average Bonchev–Trinajstić information content (AvgIpc) is 2.61. The van der Waals surface area contributed by atoms with E-state index in [-0.39, 0.29) is 6.42 Å². The summed E-state index contributed by atoms with van der Waals surface area (Å²) < 4.78 is 14.4. The molecule has 0 bridgehead atoms. The van der Waals surface area contributed by atoms with Gasteiger partial charge in [0.05, 0.1) is 14.2 Å². The highest BCUT2D eigenvalue weighted by Gasteiger charge is 2.26. The molecule has 1 amide bonds. The summed E-state index contributed by atoms with van der Waals surface area (Å²) >= 11 is 0. The van der Waals surface area contributed by atoms with Crippen molar-refractivity contribution >= 4 is 17.8 Å². The lowest BCUT2D eigenvalue weighted by atomic mass is 10.1. The Morgan fingerprint density at radius 3 is 2.29 bits per heavy atom. The summed E-state index contributed by atoms with van der Waals surface area (Å²) in [5, 5.41) is 2.57. The van der Waals surface area contributed by atoms with Crippen LogP contribution in [0.15, 0.2) is 42.5 Å². The molecule has 7 nitrogen and oxygen atoms in total.